The first-order chi connectivity index (χ1) is 17.7. The lowest BCUT2D eigenvalue weighted by Crippen LogP contribution is -2.60. The van der Waals surface area contributed by atoms with Crippen LogP contribution in [0.5, 0.6) is 0 Å². The molecule has 0 saturated carbocycles. The van der Waals surface area contributed by atoms with Gasteiger partial charge in [-0.3, -0.25) is 14.4 Å². The monoisotopic (exact) mass is 516 g/mol. The summed E-state index contributed by atoms with van der Waals surface area (Å²) >= 11 is 0. The number of hydrogen-bond acceptors (Lipinski definition) is 6. The average Bonchev–Trinajstić information content (AvgIpc) is 3.26. The van der Waals surface area contributed by atoms with E-state index in [9.17, 15) is 19.5 Å². The maximum absolute atomic E-state index is 14.5. The molecule has 4 aliphatic heterocycles. The minimum absolute atomic E-state index is 0.0203. The number of rotatable bonds is 8. The van der Waals surface area contributed by atoms with Crippen molar-refractivity contribution >= 4 is 17.8 Å². The molecule has 0 aromatic heterocycles. The van der Waals surface area contributed by atoms with Crippen molar-refractivity contribution in [2.24, 2.45) is 17.8 Å². The lowest BCUT2D eigenvalue weighted by Gasteiger charge is -2.42. The molecule has 0 aromatic rings. The standard InChI is InChI=1S/C29H44N2O6/c1-6-13-20(5)30-16-12-15-29-22(23-27(35)36-17-11-9-10-14-28(23,8-3)37-29)25(33)31(24(29)26(30)34)21(18-32)19(4)7-2/h10,12,14-15,19-24,32H,6-9,11,13,16-18H2,1-5H3/b14-10-/t19-,20?,21-,22-,23-,24?,28+,29-/m0/s1. The first kappa shape index (κ1) is 27.8. The van der Waals surface area contributed by atoms with Crippen LogP contribution in [0, 0.1) is 17.8 Å². The Bertz CT molecular complexity index is 949. The number of esters is 1. The van der Waals surface area contributed by atoms with Gasteiger partial charge in [0, 0.05) is 12.6 Å². The fourth-order valence-corrected chi connectivity index (χ4v) is 6.97. The van der Waals surface area contributed by atoms with E-state index in [4.69, 9.17) is 9.47 Å². The fourth-order valence-electron chi connectivity index (χ4n) is 6.97. The summed E-state index contributed by atoms with van der Waals surface area (Å²) in [6.45, 7) is 10.5. The van der Waals surface area contributed by atoms with E-state index in [2.05, 4.69) is 6.92 Å². The minimum atomic E-state index is -1.32. The molecule has 37 heavy (non-hydrogen) atoms. The maximum Gasteiger partial charge on any atom is 0.313 e. The van der Waals surface area contributed by atoms with Gasteiger partial charge in [0.2, 0.25) is 11.8 Å². The van der Waals surface area contributed by atoms with Crippen LogP contribution in [0.2, 0.25) is 0 Å². The van der Waals surface area contributed by atoms with Gasteiger partial charge in [-0.15, -0.1) is 0 Å². The number of fused-ring (bicyclic) bond motifs is 2. The zero-order valence-electron chi connectivity index (χ0n) is 23.0. The van der Waals surface area contributed by atoms with Gasteiger partial charge in [-0.05, 0) is 38.5 Å². The van der Waals surface area contributed by atoms with Gasteiger partial charge in [-0.25, -0.2) is 0 Å². The molecule has 8 atom stereocenters. The number of aliphatic hydroxyl groups excluding tert-OH is 1. The van der Waals surface area contributed by atoms with Gasteiger partial charge in [-0.2, -0.15) is 0 Å². The normalized spacial score (nSPS) is 36.9. The second-order valence-electron chi connectivity index (χ2n) is 11.2. The predicted octanol–water partition coefficient (Wildman–Crippen LogP) is 3.23. The molecule has 0 aliphatic carbocycles. The Kier molecular flexibility index (Phi) is 8.19. The number of amides is 2. The third-order valence-corrected chi connectivity index (χ3v) is 9.19. The molecule has 206 valence electrons. The number of ether oxygens (including phenoxy) is 2. The largest absolute Gasteiger partial charge is 0.465 e. The molecule has 2 saturated heterocycles. The summed E-state index contributed by atoms with van der Waals surface area (Å²) in [6, 6.07) is -1.55. The molecule has 0 aromatic carbocycles. The molecule has 8 heteroatoms. The van der Waals surface area contributed by atoms with Crippen LogP contribution in [-0.2, 0) is 23.9 Å². The molecule has 0 radical (unpaired) electrons. The second-order valence-corrected chi connectivity index (χ2v) is 11.2. The highest BCUT2D eigenvalue weighted by atomic mass is 16.6. The van der Waals surface area contributed by atoms with E-state index in [0.717, 1.165) is 25.7 Å². The van der Waals surface area contributed by atoms with E-state index in [1.54, 1.807) is 4.90 Å². The maximum atomic E-state index is 14.5. The number of likely N-dealkylation sites (tertiary alicyclic amines) is 1. The second kappa shape index (κ2) is 10.9. The number of cyclic esters (lactones) is 1. The molecule has 4 rings (SSSR count). The van der Waals surface area contributed by atoms with Crippen molar-refractivity contribution < 1.29 is 29.0 Å². The summed E-state index contributed by atoms with van der Waals surface area (Å²) in [5, 5.41) is 10.5. The predicted molar refractivity (Wildman–Crippen MR) is 139 cm³/mol. The van der Waals surface area contributed by atoms with E-state index in [1.165, 1.54) is 0 Å². The van der Waals surface area contributed by atoms with Crippen molar-refractivity contribution in [2.75, 3.05) is 19.8 Å². The van der Waals surface area contributed by atoms with Crippen LogP contribution >= 0.6 is 0 Å². The van der Waals surface area contributed by atoms with Crippen molar-refractivity contribution in [3.05, 3.63) is 24.3 Å². The number of nitrogens with zero attached hydrogens (tertiary/aromatic N) is 2. The molecule has 1 spiro atoms. The number of allylic oxidation sites excluding steroid dienone is 1. The van der Waals surface area contributed by atoms with Crippen LogP contribution in [0.1, 0.15) is 73.1 Å². The highest BCUT2D eigenvalue weighted by molar-refractivity contribution is 5.99. The molecular formula is C29H44N2O6. The Morgan fingerprint density at radius 2 is 1.84 bits per heavy atom. The van der Waals surface area contributed by atoms with E-state index >= 15 is 0 Å². The molecular weight excluding hydrogens is 472 g/mol. The molecule has 2 amide bonds. The highest BCUT2D eigenvalue weighted by Crippen LogP contribution is 2.58. The number of carbonyl (C=O) groups excluding carboxylic acids is 3. The van der Waals surface area contributed by atoms with Gasteiger partial charge in [0.05, 0.1) is 25.2 Å². The van der Waals surface area contributed by atoms with E-state index < -0.39 is 41.1 Å². The molecule has 2 fully saturated rings. The Hall–Kier alpha value is -2.19. The summed E-state index contributed by atoms with van der Waals surface area (Å²) in [5.41, 5.74) is -2.37. The lowest BCUT2D eigenvalue weighted by molar-refractivity contribution is -0.164. The zero-order valence-corrected chi connectivity index (χ0v) is 23.0. The van der Waals surface area contributed by atoms with Gasteiger partial charge >= 0.3 is 5.97 Å². The van der Waals surface area contributed by atoms with Crippen molar-refractivity contribution in [3.63, 3.8) is 0 Å². The first-order valence-electron chi connectivity index (χ1n) is 14.2. The Balaban J connectivity index is 1.92. The van der Waals surface area contributed by atoms with Crippen LogP contribution in [0.25, 0.3) is 0 Å². The van der Waals surface area contributed by atoms with Crippen LogP contribution in [0.4, 0.5) is 0 Å². The fraction of sp³-hybridized carbons (Fsp3) is 0.759. The van der Waals surface area contributed by atoms with E-state index in [1.807, 2.05) is 56.9 Å². The SMILES string of the molecule is CCCC(C)N1CC=C[C@]23O[C@]4(CC)/C=C\CCCOC(=O)[C@@H]4[C@H]2C(=O)N([C@@H](CO)[C@@H](C)CC)C3C1=O. The molecule has 4 aliphatic rings. The lowest BCUT2D eigenvalue weighted by atomic mass is 9.73. The Labute approximate surface area is 221 Å². The smallest absolute Gasteiger partial charge is 0.313 e. The van der Waals surface area contributed by atoms with Crippen molar-refractivity contribution in [2.45, 2.75) is 102 Å². The molecule has 2 unspecified atom stereocenters. The van der Waals surface area contributed by atoms with Crippen LogP contribution < -0.4 is 0 Å². The zero-order chi connectivity index (χ0) is 27.0. The van der Waals surface area contributed by atoms with E-state index in [-0.39, 0.29) is 37.0 Å². The quantitative estimate of drug-likeness (QED) is 0.393. The third-order valence-electron chi connectivity index (χ3n) is 9.19. The summed E-state index contributed by atoms with van der Waals surface area (Å²) in [7, 11) is 0. The van der Waals surface area contributed by atoms with E-state index in [0.29, 0.717) is 19.4 Å². The highest BCUT2D eigenvalue weighted by Gasteiger charge is 2.76. The van der Waals surface area contributed by atoms with Crippen molar-refractivity contribution in [3.8, 4) is 0 Å². The third kappa shape index (κ3) is 4.34. The minimum Gasteiger partial charge on any atom is -0.465 e. The van der Waals surface area contributed by atoms with Crippen LogP contribution in [0.3, 0.4) is 0 Å². The van der Waals surface area contributed by atoms with Gasteiger partial charge in [0.15, 0.2) is 0 Å². The number of hydrogen-bond donors (Lipinski definition) is 1. The van der Waals surface area contributed by atoms with Crippen molar-refractivity contribution in [1.29, 1.82) is 0 Å². The molecule has 8 nitrogen and oxygen atoms in total. The van der Waals surface area contributed by atoms with Gasteiger partial charge < -0.3 is 24.4 Å². The van der Waals surface area contributed by atoms with Crippen molar-refractivity contribution in [1.82, 2.24) is 9.80 Å². The van der Waals surface area contributed by atoms with Crippen LogP contribution in [0.15, 0.2) is 24.3 Å². The molecule has 4 heterocycles. The van der Waals surface area contributed by atoms with Gasteiger partial charge in [0.25, 0.3) is 0 Å². The Morgan fingerprint density at radius 3 is 2.49 bits per heavy atom. The Morgan fingerprint density at radius 1 is 1.08 bits per heavy atom. The summed E-state index contributed by atoms with van der Waals surface area (Å²) in [4.78, 5) is 45.9. The summed E-state index contributed by atoms with van der Waals surface area (Å²) < 4.78 is 12.6. The summed E-state index contributed by atoms with van der Waals surface area (Å²) in [6.07, 6.45) is 12.2. The van der Waals surface area contributed by atoms with Crippen LogP contribution in [-0.4, -0.2) is 81.8 Å². The molecule has 1 N–H and O–H groups in total. The topological polar surface area (TPSA) is 96.4 Å². The number of aliphatic hydroxyl groups is 1. The number of carbonyl (C=O) groups is 3. The average molecular weight is 517 g/mol. The first-order valence-corrected chi connectivity index (χ1v) is 14.2. The molecule has 0 bridgehead atoms. The van der Waals surface area contributed by atoms with Gasteiger partial charge in [-0.1, -0.05) is 64.8 Å². The van der Waals surface area contributed by atoms with Gasteiger partial charge in [0.1, 0.15) is 23.2 Å². The summed E-state index contributed by atoms with van der Waals surface area (Å²) in [5.74, 6) is -2.77.